The first-order valence-electron chi connectivity index (χ1n) is 6.86. The molecular formula is C13H27N3S. The Morgan fingerprint density at radius 2 is 1.94 bits per heavy atom. The molecule has 17 heavy (non-hydrogen) atoms. The number of nitrogens with one attached hydrogen (secondary N) is 1. The first kappa shape index (κ1) is 13.7. The van der Waals surface area contributed by atoms with Gasteiger partial charge in [0.1, 0.15) is 0 Å². The fourth-order valence-electron chi connectivity index (χ4n) is 2.67. The molecule has 2 aliphatic rings. The van der Waals surface area contributed by atoms with Crippen LogP contribution in [0.5, 0.6) is 0 Å². The van der Waals surface area contributed by atoms with Crippen LogP contribution in [0.4, 0.5) is 0 Å². The van der Waals surface area contributed by atoms with E-state index in [2.05, 4.69) is 47.6 Å². The van der Waals surface area contributed by atoms with Crippen molar-refractivity contribution in [2.24, 2.45) is 0 Å². The van der Waals surface area contributed by atoms with Crippen molar-refractivity contribution in [2.45, 2.75) is 32.4 Å². The zero-order valence-corrected chi connectivity index (χ0v) is 12.4. The van der Waals surface area contributed by atoms with Crippen LogP contribution in [0.15, 0.2) is 0 Å². The average Bonchev–Trinajstić information content (AvgIpc) is 2.32. The van der Waals surface area contributed by atoms with Gasteiger partial charge in [0.25, 0.3) is 0 Å². The molecule has 0 aliphatic carbocycles. The number of rotatable bonds is 3. The summed E-state index contributed by atoms with van der Waals surface area (Å²) in [5.74, 6) is 2.64. The molecule has 0 spiro atoms. The normalized spacial score (nSPS) is 31.6. The van der Waals surface area contributed by atoms with E-state index in [1.165, 1.54) is 44.2 Å². The summed E-state index contributed by atoms with van der Waals surface area (Å²) in [6.45, 7) is 14.3. The lowest BCUT2D eigenvalue weighted by atomic mass is 9.99. The van der Waals surface area contributed by atoms with Crippen LogP contribution in [-0.4, -0.2) is 72.2 Å². The molecule has 2 rings (SSSR count). The Bertz CT molecular complexity index is 239. The van der Waals surface area contributed by atoms with E-state index in [9.17, 15) is 0 Å². The zero-order valence-electron chi connectivity index (χ0n) is 11.5. The minimum atomic E-state index is 0.282. The molecule has 2 fully saturated rings. The van der Waals surface area contributed by atoms with Gasteiger partial charge < -0.3 is 10.2 Å². The van der Waals surface area contributed by atoms with Crippen LogP contribution in [0.1, 0.15) is 20.8 Å². The molecule has 1 unspecified atom stereocenters. The fraction of sp³-hybridized carbons (Fsp3) is 1.00. The molecule has 0 amide bonds. The SMILES string of the molecule is CC1CNC(C)(C)CN1CCN1CCSCC1. The third-order valence-corrected chi connectivity index (χ3v) is 4.85. The number of piperazine rings is 1. The molecule has 0 aromatic carbocycles. The summed E-state index contributed by atoms with van der Waals surface area (Å²) in [5.41, 5.74) is 0.282. The predicted octanol–water partition coefficient (Wildman–Crippen LogP) is 1.11. The van der Waals surface area contributed by atoms with E-state index in [0.717, 1.165) is 6.54 Å². The van der Waals surface area contributed by atoms with Crippen LogP contribution < -0.4 is 5.32 Å². The standard InChI is InChI=1S/C13H27N3S/c1-12-10-14-13(2,3)11-16(12)5-4-15-6-8-17-9-7-15/h12,14H,4-11H2,1-3H3. The van der Waals surface area contributed by atoms with Gasteiger partial charge >= 0.3 is 0 Å². The predicted molar refractivity (Wildman–Crippen MR) is 76.9 cm³/mol. The molecule has 100 valence electrons. The molecule has 0 bridgehead atoms. The molecule has 0 aromatic heterocycles. The number of hydrogen-bond acceptors (Lipinski definition) is 4. The lowest BCUT2D eigenvalue weighted by Crippen LogP contribution is -2.61. The van der Waals surface area contributed by atoms with Crippen LogP contribution in [-0.2, 0) is 0 Å². The van der Waals surface area contributed by atoms with Crippen LogP contribution in [0, 0.1) is 0 Å². The minimum absolute atomic E-state index is 0.282. The van der Waals surface area contributed by atoms with E-state index >= 15 is 0 Å². The van der Waals surface area contributed by atoms with Gasteiger partial charge in [0.15, 0.2) is 0 Å². The van der Waals surface area contributed by atoms with Crippen LogP contribution in [0.25, 0.3) is 0 Å². The van der Waals surface area contributed by atoms with Crippen molar-refractivity contribution in [3.05, 3.63) is 0 Å². The van der Waals surface area contributed by atoms with E-state index < -0.39 is 0 Å². The molecule has 2 aliphatic heterocycles. The molecule has 4 heteroatoms. The minimum Gasteiger partial charge on any atom is -0.309 e. The summed E-state index contributed by atoms with van der Waals surface area (Å²) < 4.78 is 0. The molecule has 3 nitrogen and oxygen atoms in total. The van der Waals surface area contributed by atoms with Gasteiger partial charge in [-0.2, -0.15) is 11.8 Å². The maximum atomic E-state index is 3.62. The van der Waals surface area contributed by atoms with Crippen LogP contribution >= 0.6 is 11.8 Å². The highest BCUT2D eigenvalue weighted by molar-refractivity contribution is 7.99. The first-order chi connectivity index (χ1) is 8.07. The molecule has 0 radical (unpaired) electrons. The van der Waals surface area contributed by atoms with Crippen molar-refractivity contribution in [2.75, 3.05) is 50.8 Å². The highest BCUT2D eigenvalue weighted by Crippen LogP contribution is 2.15. The molecule has 1 atom stereocenters. The number of nitrogens with zero attached hydrogens (tertiary/aromatic N) is 2. The Morgan fingerprint density at radius 1 is 1.24 bits per heavy atom. The third kappa shape index (κ3) is 4.12. The van der Waals surface area contributed by atoms with Gasteiger partial charge in [0.05, 0.1) is 0 Å². The smallest absolute Gasteiger partial charge is 0.0252 e. The van der Waals surface area contributed by atoms with Gasteiger partial charge in [-0.05, 0) is 20.8 Å². The third-order valence-electron chi connectivity index (χ3n) is 3.90. The van der Waals surface area contributed by atoms with Crippen molar-refractivity contribution in [3.8, 4) is 0 Å². The molecule has 0 saturated carbocycles. The summed E-state index contributed by atoms with van der Waals surface area (Å²) in [6.07, 6.45) is 0. The highest BCUT2D eigenvalue weighted by Gasteiger charge is 2.30. The van der Waals surface area contributed by atoms with Gasteiger partial charge in [0.2, 0.25) is 0 Å². The number of thioether (sulfide) groups is 1. The Labute approximate surface area is 110 Å². The molecular weight excluding hydrogens is 230 g/mol. The maximum absolute atomic E-state index is 3.62. The lowest BCUT2D eigenvalue weighted by Gasteiger charge is -2.44. The Morgan fingerprint density at radius 3 is 2.65 bits per heavy atom. The van der Waals surface area contributed by atoms with Gasteiger partial charge in [-0.15, -0.1) is 0 Å². The first-order valence-corrected chi connectivity index (χ1v) is 8.01. The second-order valence-electron chi connectivity index (χ2n) is 6.04. The topological polar surface area (TPSA) is 18.5 Å². The molecule has 2 saturated heterocycles. The number of hydrogen-bond donors (Lipinski definition) is 1. The molecule has 2 heterocycles. The summed E-state index contributed by atoms with van der Waals surface area (Å²) in [4.78, 5) is 5.27. The van der Waals surface area contributed by atoms with Gasteiger partial charge in [-0.3, -0.25) is 4.90 Å². The van der Waals surface area contributed by atoms with Gasteiger partial charge in [-0.1, -0.05) is 0 Å². The monoisotopic (exact) mass is 257 g/mol. The second kappa shape index (κ2) is 5.91. The average molecular weight is 257 g/mol. The van der Waals surface area contributed by atoms with Gasteiger partial charge in [-0.25, -0.2) is 0 Å². The highest BCUT2D eigenvalue weighted by atomic mass is 32.2. The Hall–Kier alpha value is 0.230. The Balaban J connectivity index is 1.76. The second-order valence-corrected chi connectivity index (χ2v) is 7.26. The quantitative estimate of drug-likeness (QED) is 0.816. The van der Waals surface area contributed by atoms with Crippen molar-refractivity contribution >= 4 is 11.8 Å². The van der Waals surface area contributed by atoms with Crippen molar-refractivity contribution in [3.63, 3.8) is 0 Å². The summed E-state index contributed by atoms with van der Waals surface area (Å²) in [7, 11) is 0. The van der Waals surface area contributed by atoms with Crippen molar-refractivity contribution in [1.29, 1.82) is 0 Å². The van der Waals surface area contributed by atoms with Gasteiger partial charge in [0, 0.05) is 62.4 Å². The molecule has 1 N–H and O–H groups in total. The maximum Gasteiger partial charge on any atom is 0.0252 e. The van der Waals surface area contributed by atoms with E-state index in [-0.39, 0.29) is 5.54 Å². The molecule has 0 aromatic rings. The van der Waals surface area contributed by atoms with E-state index in [0.29, 0.717) is 6.04 Å². The van der Waals surface area contributed by atoms with E-state index in [1.54, 1.807) is 0 Å². The Kier molecular flexibility index (Phi) is 4.75. The van der Waals surface area contributed by atoms with Crippen molar-refractivity contribution in [1.82, 2.24) is 15.1 Å². The van der Waals surface area contributed by atoms with Crippen LogP contribution in [0.2, 0.25) is 0 Å². The van der Waals surface area contributed by atoms with E-state index in [4.69, 9.17) is 0 Å². The summed E-state index contributed by atoms with van der Waals surface area (Å²) in [5, 5.41) is 3.62. The fourth-order valence-corrected chi connectivity index (χ4v) is 3.65. The summed E-state index contributed by atoms with van der Waals surface area (Å²) in [6, 6.07) is 0.683. The lowest BCUT2D eigenvalue weighted by molar-refractivity contribution is 0.0924. The zero-order chi connectivity index (χ0) is 12.3. The van der Waals surface area contributed by atoms with E-state index in [1.807, 2.05) is 0 Å². The largest absolute Gasteiger partial charge is 0.309 e. The summed E-state index contributed by atoms with van der Waals surface area (Å²) >= 11 is 2.10. The van der Waals surface area contributed by atoms with Crippen molar-refractivity contribution < 1.29 is 0 Å². The van der Waals surface area contributed by atoms with Crippen LogP contribution in [0.3, 0.4) is 0 Å².